The number of hydrogen-bond acceptors (Lipinski definition) is 3. The third kappa shape index (κ3) is 2.85. The van der Waals surface area contributed by atoms with Crippen molar-refractivity contribution in [2.45, 2.75) is 30.7 Å². The molecule has 18 heavy (non-hydrogen) atoms. The second-order valence-electron chi connectivity index (χ2n) is 4.46. The number of carbonyl (C=O) groups is 2. The van der Waals surface area contributed by atoms with Crippen LogP contribution in [0.5, 0.6) is 0 Å². The van der Waals surface area contributed by atoms with E-state index in [1.165, 1.54) is 0 Å². The number of thiol groups is 1. The molecule has 0 saturated carbocycles. The molecule has 96 valence electrons. The quantitative estimate of drug-likeness (QED) is 0.705. The molecule has 0 aliphatic carbocycles. The summed E-state index contributed by atoms with van der Waals surface area (Å²) in [7, 11) is 0. The first-order valence-corrected chi connectivity index (χ1v) is 6.41. The van der Waals surface area contributed by atoms with Gasteiger partial charge in [-0.2, -0.15) is 0 Å². The number of carbonyl (C=O) groups excluding carboxylic acids is 2. The summed E-state index contributed by atoms with van der Waals surface area (Å²) in [5, 5.41) is 5.51. The molecule has 1 aliphatic rings. The van der Waals surface area contributed by atoms with Gasteiger partial charge in [-0.3, -0.25) is 9.59 Å². The summed E-state index contributed by atoms with van der Waals surface area (Å²) in [6, 6.07) is 4.98. The zero-order chi connectivity index (χ0) is 13.1. The number of piperidine rings is 1. The first kappa shape index (κ1) is 13.0. The van der Waals surface area contributed by atoms with Crippen molar-refractivity contribution >= 4 is 24.4 Å². The molecule has 0 aromatic heterocycles. The SMILES string of the molecule is Cc1ccc(S)cc1C(=O)NC1CCCNC1=O. The second kappa shape index (κ2) is 5.44. The summed E-state index contributed by atoms with van der Waals surface area (Å²) in [6.45, 7) is 2.55. The Balaban J connectivity index is 2.11. The van der Waals surface area contributed by atoms with E-state index in [0.29, 0.717) is 18.5 Å². The molecular weight excluding hydrogens is 248 g/mol. The third-order valence-electron chi connectivity index (χ3n) is 3.06. The molecule has 1 heterocycles. The predicted octanol–water partition coefficient (Wildman–Crippen LogP) is 1.29. The van der Waals surface area contributed by atoms with Crippen LogP contribution in [0.15, 0.2) is 23.1 Å². The highest BCUT2D eigenvalue weighted by molar-refractivity contribution is 7.80. The molecule has 1 atom stereocenters. The highest BCUT2D eigenvalue weighted by Crippen LogP contribution is 2.14. The number of amides is 2. The van der Waals surface area contributed by atoms with Gasteiger partial charge in [0.05, 0.1) is 0 Å². The molecule has 4 nitrogen and oxygen atoms in total. The Hall–Kier alpha value is -1.49. The molecule has 2 N–H and O–H groups in total. The maximum absolute atomic E-state index is 12.1. The highest BCUT2D eigenvalue weighted by Gasteiger charge is 2.24. The van der Waals surface area contributed by atoms with E-state index in [0.717, 1.165) is 16.9 Å². The van der Waals surface area contributed by atoms with Crippen LogP contribution in [0.2, 0.25) is 0 Å². The minimum atomic E-state index is -0.422. The maximum Gasteiger partial charge on any atom is 0.252 e. The first-order chi connectivity index (χ1) is 8.58. The van der Waals surface area contributed by atoms with Crippen LogP contribution in [0.3, 0.4) is 0 Å². The lowest BCUT2D eigenvalue weighted by Gasteiger charge is -2.23. The zero-order valence-electron chi connectivity index (χ0n) is 10.2. The lowest BCUT2D eigenvalue weighted by molar-refractivity contribution is -0.124. The van der Waals surface area contributed by atoms with Crippen molar-refractivity contribution < 1.29 is 9.59 Å². The average Bonchev–Trinajstić information content (AvgIpc) is 2.35. The van der Waals surface area contributed by atoms with E-state index in [9.17, 15) is 9.59 Å². The topological polar surface area (TPSA) is 58.2 Å². The molecule has 1 aromatic rings. The Morgan fingerprint density at radius 3 is 3.00 bits per heavy atom. The molecule has 2 amide bonds. The van der Waals surface area contributed by atoms with E-state index in [-0.39, 0.29) is 11.8 Å². The van der Waals surface area contributed by atoms with Crippen molar-refractivity contribution in [2.24, 2.45) is 0 Å². The highest BCUT2D eigenvalue weighted by atomic mass is 32.1. The summed E-state index contributed by atoms with van der Waals surface area (Å²) in [4.78, 5) is 24.4. The van der Waals surface area contributed by atoms with E-state index in [1.807, 2.05) is 19.1 Å². The normalized spacial score (nSPS) is 19.2. The lowest BCUT2D eigenvalue weighted by atomic mass is 10.0. The molecular formula is C13H16N2O2S. The Morgan fingerprint density at radius 1 is 1.50 bits per heavy atom. The maximum atomic E-state index is 12.1. The molecule has 0 radical (unpaired) electrons. The molecule has 1 fully saturated rings. The summed E-state index contributed by atoms with van der Waals surface area (Å²) in [6.07, 6.45) is 1.58. The molecule has 5 heteroatoms. The largest absolute Gasteiger partial charge is 0.354 e. The number of benzene rings is 1. The van der Waals surface area contributed by atoms with Crippen LogP contribution in [0.4, 0.5) is 0 Å². The Labute approximate surface area is 112 Å². The summed E-state index contributed by atoms with van der Waals surface area (Å²) in [5.74, 6) is -0.320. The van der Waals surface area contributed by atoms with Gasteiger partial charge in [-0.05, 0) is 37.5 Å². The Morgan fingerprint density at radius 2 is 2.28 bits per heavy atom. The fourth-order valence-electron chi connectivity index (χ4n) is 2.00. The van der Waals surface area contributed by atoms with E-state index >= 15 is 0 Å². The molecule has 0 spiro atoms. The minimum Gasteiger partial charge on any atom is -0.354 e. The van der Waals surface area contributed by atoms with Gasteiger partial charge in [-0.25, -0.2) is 0 Å². The lowest BCUT2D eigenvalue weighted by Crippen LogP contribution is -2.50. The van der Waals surface area contributed by atoms with Gasteiger partial charge < -0.3 is 10.6 Å². The number of aryl methyl sites for hydroxylation is 1. The van der Waals surface area contributed by atoms with Crippen molar-refractivity contribution in [2.75, 3.05) is 6.54 Å². The van der Waals surface area contributed by atoms with E-state index in [2.05, 4.69) is 23.3 Å². The standard InChI is InChI=1S/C13H16N2O2S/c1-8-4-5-9(18)7-10(8)12(16)15-11-3-2-6-14-13(11)17/h4-5,7,11,18H,2-3,6H2,1H3,(H,14,17)(H,15,16). The van der Waals surface area contributed by atoms with Crippen LogP contribution in [0.25, 0.3) is 0 Å². The summed E-state index contributed by atoms with van der Waals surface area (Å²) >= 11 is 4.22. The second-order valence-corrected chi connectivity index (χ2v) is 4.97. The predicted molar refractivity (Wildman–Crippen MR) is 71.9 cm³/mol. The molecule has 2 rings (SSSR count). The van der Waals surface area contributed by atoms with Crippen LogP contribution in [-0.2, 0) is 4.79 Å². The van der Waals surface area contributed by atoms with Crippen molar-refractivity contribution in [1.82, 2.24) is 10.6 Å². The minimum absolute atomic E-state index is 0.103. The van der Waals surface area contributed by atoms with Gasteiger partial charge in [0.2, 0.25) is 5.91 Å². The Kier molecular flexibility index (Phi) is 3.91. The van der Waals surface area contributed by atoms with Crippen LogP contribution >= 0.6 is 12.6 Å². The van der Waals surface area contributed by atoms with Crippen molar-refractivity contribution in [3.8, 4) is 0 Å². The molecule has 1 aromatic carbocycles. The summed E-state index contributed by atoms with van der Waals surface area (Å²) < 4.78 is 0. The molecule has 1 aliphatic heterocycles. The van der Waals surface area contributed by atoms with E-state index < -0.39 is 6.04 Å². The summed E-state index contributed by atoms with van der Waals surface area (Å²) in [5.41, 5.74) is 1.45. The van der Waals surface area contributed by atoms with Gasteiger partial charge in [-0.15, -0.1) is 12.6 Å². The molecule has 1 saturated heterocycles. The van der Waals surface area contributed by atoms with Crippen LogP contribution in [0, 0.1) is 6.92 Å². The average molecular weight is 264 g/mol. The smallest absolute Gasteiger partial charge is 0.252 e. The fourth-order valence-corrected chi connectivity index (χ4v) is 2.20. The number of rotatable bonds is 2. The molecule has 1 unspecified atom stereocenters. The van der Waals surface area contributed by atoms with Gasteiger partial charge in [0.1, 0.15) is 6.04 Å². The van der Waals surface area contributed by atoms with E-state index in [4.69, 9.17) is 0 Å². The molecule has 0 bridgehead atoms. The van der Waals surface area contributed by atoms with Crippen LogP contribution < -0.4 is 10.6 Å². The van der Waals surface area contributed by atoms with Crippen LogP contribution in [-0.4, -0.2) is 24.4 Å². The van der Waals surface area contributed by atoms with Gasteiger partial charge in [0, 0.05) is 17.0 Å². The zero-order valence-corrected chi connectivity index (χ0v) is 11.1. The van der Waals surface area contributed by atoms with Gasteiger partial charge in [0.15, 0.2) is 0 Å². The van der Waals surface area contributed by atoms with Crippen molar-refractivity contribution in [3.05, 3.63) is 29.3 Å². The van der Waals surface area contributed by atoms with Crippen molar-refractivity contribution in [3.63, 3.8) is 0 Å². The monoisotopic (exact) mass is 264 g/mol. The van der Waals surface area contributed by atoms with Gasteiger partial charge in [0.25, 0.3) is 5.91 Å². The first-order valence-electron chi connectivity index (χ1n) is 5.96. The van der Waals surface area contributed by atoms with E-state index in [1.54, 1.807) is 6.07 Å². The fraction of sp³-hybridized carbons (Fsp3) is 0.385. The third-order valence-corrected chi connectivity index (χ3v) is 3.33. The van der Waals surface area contributed by atoms with Crippen LogP contribution in [0.1, 0.15) is 28.8 Å². The number of nitrogens with one attached hydrogen (secondary N) is 2. The van der Waals surface area contributed by atoms with Gasteiger partial charge in [-0.1, -0.05) is 6.07 Å². The van der Waals surface area contributed by atoms with Crippen molar-refractivity contribution in [1.29, 1.82) is 0 Å². The Bertz CT molecular complexity index is 488. The van der Waals surface area contributed by atoms with Gasteiger partial charge >= 0.3 is 0 Å². The number of hydrogen-bond donors (Lipinski definition) is 3.